The van der Waals surface area contributed by atoms with Crippen LogP contribution in [0.1, 0.15) is 38.2 Å². The molecule has 1 aromatic heterocycles. The van der Waals surface area contributed by atoms with Crippen LogP contribution in [0, 0.1) is 0 Å². The molecule has 3 aromatic rings. The van der Waals surface area contributed by atoms with E-state index >= 15 is 0 Å². The second-order valence-electron chi connectivity index (χ2n) is 6.48. The number of carbonyl (C=O) groups is 1. The molecule has 0 atom stereocenters. The van der Waals surface area contributed by atoms with Crippen molar-refractivity contribution >= 4 is 45.4 Å². The molecule has 0 aliphatic rings. The van der Waals surface area contributed by atoms with Crippen LogP contribution in [0.25, 0.3) is 10.2 Å². The van der Waals surface area contributed by atoms with E-state index in [0.29, 0.717) is 6.61 Å². The van der Waals surface area contributed by atoms with Crippen molar-refractivity contribution in [3.05, 3.63) is 54.1 Å². The maximum Gasteiger partial charge on any atom is 0.250 e. The molecular weight excluding hydrogens is 402 g/mol. The molecule has 5 nitrogen and oxygen atoms in total. The van der Waals surface area contributed by atoms with Crippen LogP contribution in [-0.4, -0.2) is 29.5 Å². The Morgan fingerprint density at radius 3 is 2.86 bits per heavy atom. The van der Waals surface area contributed by atoms with Gasteiger partial charge in [-0.3, -0.25) is 4.79 Å². The van der Waals surface area contributed by atoms with Crippen LogP contribution >= 0.6 is 23.1 Å². The Balaban J connectivity index is 1.45. The second-order valence-corrected chi connectivity index (χ2v) is 8.73. The smallest absolute Gasteiger partial charge is 0.250 e. The molecule has 0 aliphatic heterocycles. The zero-order valence-electron chi connectivity index (χ0n) is 16.5. The SMILES string of the molecule is CCCCCCOc1ccccc1C=NNC(=O)CSc1nc2ccccc2s1. The Kier molecular flexibility index (Phi) is 8.52. The van der Waals surface area contributed by atoms with Gasteiger partial charge in [-0.25, -0.2) is 10.4 Å². The van der Waals surface area contributed by atoms with E-state index in [1.807, 2.05) is 48.5 Å². The zero-order chi connectivity index (χ0) is 20.3. The lowest BCUT2D eigenvalue weighted by molar-refractivity contribution is -0.118. The number of thiazole rings is 1. The van der Waals surface area contributed by atoms with E-state index in [4.69, 9.17) is 4.74 Å². The first-order valence-corrected chi connectivity index (χ1v) is 11.6. The van der Waals surface area contributed by atoms with Crippen molar-refractivity contribution in [1.29, 1.82) is 0 Å². The Morgan fingerprint density at radius 2 is 2.00 bits per heavy atom. The molecule has 0 saturated heterocycles. The maximum atomic E-state index is 12.1. The van der Waals surface area contributed by atoms with Gasteiger partial charge in [0, 0.05) is 5.56 Å². The summed E-state index contributed by atoms with van der Waals surface area (Å²) in [5.74, 6) is 0.890. The predicted octanol–water partition coefficient (Wildman–Crippen LogP) is 5.50. The number of hydrazone groups is 1. The fourth-order valence-electron chi connectivity index (χ4n) is 2.68. The van der Waals surface area contributed by atoms with Crippen LogP contribution in [-0.2, 0) is 4.79 Å². The molecule has 7 heteroatoms. The summed E-state index contributed by atoms with van der Waals surface area (Å²) in [6.07, 6.45) is 6.28. The molecule has 2 aromatic carbocycles. The molecule has 1 N–H and O–H groups in total. The molecule has 0 aliphatic carbocycles. The summed E-state index contributed by atoms with van der Waals surface area (Å²) in [6, 6.07) is 15.7. The van der Waals surface area contributed by atoms with Gasteiger partial charge in [0.2, 0.25) is 0 Å². The molecule has 3 rings (SSSR count). The number of nitrogens with one attached hydrogen (secondary N) is 1. The topological polar surface area (TPSA) is 63.6 Å². The molecule has 0 unspecified atom stereocenters. The van der Waals surface area contributed by atoms with Crippen molar-refractivity contribution in [2.45, 2.75) is 36.9 Å². The number of hydrogen-bond donors (Lipinski definition) is 1. The van der Waals surface area contributed by atoms with Gasteiger partial charge < -0.3 is 4.74 Å². The van der Waals surface area contributed by atoms with E-state index < -0.39 is 0 Å². The van der Waals surface area contributed by atoms with Crippen LogP contribution in [0.4, 0.5) is 0 Å². The minimum absolute atomic E-state index is 0.163. The minimum atomic E-state index is -0.163. The number of aromatic nitrogens is 1. The van der Waals surface area contributed by atoms with Crippen LogP contribution in [0.2, 0.25) is 0 Å². The first-order chi connectivity index (χ1) is 14.3. The summed E-state index contributed by atoms with van der Waals surface area (Å²) in [6.45, 7) is 2.88. The normalized spacial score (nSPS) is 11.2. The molecule has 1 heterocycles. The van der Waals surface area contributed by atoms with E-state index in [-0.39, 0.29) is 11.7 Å². The van der Waals surface area contributed by atoms with Gasteiger partial charge in [-0.15, -0.1) is 11.3 Å². The molecular formula is C22H25N3O2S2. The third kappa shape index (κ3) is 6.87. The number of fused-ring (bicyclic) bond motifs is 1. The molecule has 0 saturated carbocycles. The highest BCUT2D eigenvalue weighted by molar-refractivity contribution is 8.01. The molecule has 29 heavy (non-hydrogen) atoms. The first-order valence-electron chi connectivity index (χ1n) is 9.78. The van der Waals surface area contributed by atoms with E-state index in [9.17, 15) is 4.79 Å². The van der Waals surface area contributed by atoms with E-state index in [1.165, 1.54) is 31.0 Å². The fraction of sp³-hybridized carbons (Fsp3) is 0.318. The lowest BCUT2D eigenvalue weighted by Crippen LogP contribution is -2.19. The molecule has 0 bridgehead atoms. The number of para-hydroxylation sites is 2. The number of carbonyl (C=O) groups excluding carboxylic acids is 1. The van der Waals surface area contributed by atoms with Crippen molar-refractivity contribution in [1.82, 2.24) is 10.4 Å². The van der Waals surface area contributed by atoms with Gasteiger partial charge in [-0.1, -0.05) is 62.2 Å². The summed E-state index contributed by atoms with van der Waals surface area (Å²) in [5, 5.41) is 4.08. The average molecular weight is 428 g/mol. The number of unbranched alkanes of at least 4 members (excludes halogenated alkanes) is 3. The summed E-state index contributed by atoms with van der Waals surface area (Å²) >= 11 is 3.01. The highest BCUT2D eigenvalue weighted by Crippen LogP contribution is 2.29. The van der Waals surface area contributed by atoms with Crippen molar-refractivity contribution in [2.75, 3.05) is 12.4 Å². The Morgan fingerprint density at radius 1 is 1.17 bits per heavy atom. The standard InChI is InChI=1S/C22H25N3O2S2/c1-2-3-4-9-14-27-19-12-7-5-10-17(19)15-23-25-21(26)16-28-22-24-18-11-6-8-13-20(18)29-22/h5-8,10-13,15H,2-4,9,14,16H2,1H3,(H,25,26). The summed E-state index contributed by atoms with van der Waals surface area (Å²) in [4.78, 5) is 16.6. The zero-order valence-corrected chi connectivity index (χ0v) is 18.1. The number of amides is 1. The van der Waals surface area contributed by atoms with Gasteiger partial charge in [-0.2, -0.15) is 5.10 Å². The highest BCUT2D eigenvalue weighted by Gasteiger charge is 2.07. The number of thioether (sulfide) groups is 1. The second kappa shape index (κ2) is 11.6. The van der Waals surface area contributed by atoms with Crippen molar-refractivity contribution in [3.8, 4) is 5.75 Å². The van der Waals surface area contributed by atoms with Gasteiger partial charge in [0.1, 0.15) is 5.75 Å². The fourth-order valence-corrected chi connectivity index (χ4v) is 4.54. The minimum Gasteiger partial charge on any atom is -0.493 e. The predicted molar refractivity (Wildman–Crippen MR) is 122 cm³/mol. The molecule has 152 valence electrons. The first kappa shape index (κ1) is 21.3. The number of rotatable bonds is 11. The lowest BCUT2D eigenvalue weighted by atomic mass is 10.2. The average Bonchev–Trinajstić information content (AvgIpc) is 3.16. The maximum absolute atomic E-state index is 12.1. The highest BCUT2D eigenvalue weighted by atomic mass is 32.2. The molecule has 0 spiro atoms. The van der Waals surface area contributed by atoms with Crippen LogP contribution in [0.15, 0.2) is 58.0 Å². The van der Waals surface area contributed by atoms with Crippen molar-refractivity contribution in [2.24, 2.45) is 5.10 Å². The largest absolute Gasteiger partial charge is 0.493 e. The summed E-state index contributed by atoms with van der Waals surface area (Å²) < 4.78 is 7.87. The van der Waals surface area contributed by atoms with Gasteiger partial charge in [0.15, 0.2) is 4.34 Å². The van der Waals surface area contributed by atoms with E-state index in [1.54, 1.807) is 17.6 Å². The Bertz CT molecular complexity index is 923. The third-order valence-corrected chi connectivity index (χ3v) is 6.35. The van der Waals surface area contributed by atoms with E-state index in [2.05, 4.69) is 22.4 Å². The summed E-state index contributed by atoms with van der Waals surface area (Å²) in [5.41, 5.74) is 4.39. The summed E-state index contributed by atoms with van der Waals surface area (Å²) in [7, 11) is 0. The van der Waals surface area contributed by atoms with Crippen LogP contribution < -0.4 is 10.2 Å². The number of hydrogen-bond acceptors (Lipinski definition) is 6. The molecule has 0 fully saturated rings. The number of nitrogens with zero attached hydrogens (tertiary/aromatic N) is 2. The van der Waals surface area contributed by atoms with Gasteiger partial charge in [-0.05, 0) is 30.7 Å². The lowest BCUT2D eigenvalue weighted by Gasteiger charge is -2.08. The third-order valence-electron chi connectivity index (χ3n) is 4.17. The molecule has 0 radical (unpaired) electrons. The van der Waals surface area contributed by atoms with Gasteiger partial charge in [0.05, 0.1) is 28.8 Å². The number of ether oxygens (including phenoxy) is 1. The van der Waals surface area contributed by atoms with Crippen molar-refractivity contribution in [3.63, 3.8) is 0 Å². The quantitative estimate of drug-likeness (QED) is 0.190. The van der Waals surface area contributed by atoms with E-state index in [0.717, 1.165) is 32.3 Å². The van der Waals surface area contributed by atoms with Gasteiger partial charge in [0.25, 0.3) is 5.91 Å². The van der Waals surface area contributed by atoms with Crippen LogP contribution in [0.3, 0.4) is 0 Å². The Hall–Kier alpha value is -2.38. The monoisotopic (exact) mass is 427 g/mol. The van der Waals surface area contributed by atoms with Crippen LogP contribution in [0.5, 0.6) is 5.75 Å². The van der Waals surface area contributed by atoms with Crippen molar-refractivity contribution < 1.29 is 9.53 Å². The van der Waals surface area contributed by atoms with Gasteiger partial charge >= 0.3 is 0 Å². The number of benzene rings is 2. The molecule has 1 amide bonds. The Labute approximate surface area is 179 Å².